The van der Waals surface area contributed by atoms with E-state index < -0.39 is 15.9 Å². The number of nitrogens with zero attached hydrogens (tertiary/aromatic N) is 2. The van der Waals surface area contributed by atoms with Crippen molar-refractivity contribution in [3.63, 3.8) is 0 Å². The number of hydrogen-bond acceptors (Lipinski definition) is 5. The maximum absolute atomic E-state index is 12.4. The van der Waals surface area contributed by atoms with Crippen LogP contribution < -0.4 is 5.32 Å². The molecular weight excluding hydrogens is 378 g/mol. The molecule has 1 N–H and O–H groups in total. The molecular formula is C20H27N3O4S. The SMILES string of the molecule is CC(C)c1ccc(CCNC(=O)C2=NN([C@@H]3CCS(=O)(=O)C3)C(=O)CC2)cc1. The number of benzene rings is 1. The Morgan fingerprint density at radius 3 is 2.57 bits per heavy atom. The lowest BCUT2D eigenvalue weighted by Gasteiger charge is -2.27. The third-order valence-corrected chi connectivity index (χ3v) is 6.97. The Morgan fingerprint density at radius 1 is 1.25 bits per heavy atom. The second kappa shape index (κ2) is 8.43. The van der Waals surface area contributed by atoms with Crippen molar-refractivity contribution in [3.05, 3.63) is 35.4 Å². The molecule has 0 radical (unpaired) electrons. The second-order valence-electron chi connectivity index (χ2n) is 7.74. The Labute approximate surface area is 166 Å². The van der Waals surface area contributed by atoms with Gasteiger partial charge in [-0.25, -0.2) is 13.4 Å². The van der Waals surface area contributed by atoms with Crippen molar-refractivity contribution in [2.75, 3.05) is 18.1 Å². The van der Waals surface area contributed by atoms with Crippen LogP contribution in [0.1, 0.15) is 50.2 Å². The lowest BCUT2D eigenvalue weighted by Crippen LogP contribution is -2.44. The first-order chi connectivity index (χ1) is 13.2. The molecule has 1 saturated heterocycles. The zero-order chi connectivity index (χ0) is 20.3. The molecule has 1 atom stereocenters. The Balaban J connectivity index is 1.56. The lowest BCUT2D eigenvalue weighted by molar-refractivity contribution is -0.133. The first-order valence-corrected chi connectivity index (χ1v) is 11.5. The van der Waals surface area contributed by atoms with Crippen LogP contribution in [0.3, 0.4) is 0 Å². The van der Waals surface area contributed by atoms with Crippen molar-refractivity contribution < 1.29 is 18.0 Å². The number of rotatable bonds is 6. The van der Waals surface area contributed by atoms with Crippen LogP contribution in [0.5, 0.6) is 0 Å². The topological polar surface area (TPSA) is 95.9 Å². The van der Waals surface area contributed by atoms with Crippen LogP contribution in [0.2, 0.25) is 0 Å². The lowest BCUT2D eigenvalue weighted by atomic mass is 10.0. The molecule has 0 bridgehead atoms. The minimum Gasteiger partial charge on any atom is -0.351 e. The molecule has 0 unspecified atom stereocenters. The summed E-state index contributed by atoms with van der Waals surface area (Å²) in [5.41, 5.74) is 2.71. The Bertz CT molecular complexity index is 875. The van der Waals surface area contributed by atoms with E-state index >= 15 is 0 Å². The summed E-state index contributed by atoms with van der Waals surface area (Å²) in [6.07, 6.45) is 1.54. The third kappa shape index (κ3) is 4.98. The summed E-state index contributed by atoms with van der Waals surface area (Å²) < 4.78 is 23.3. The summed E-state index contributed by atoms with van der Waals surface area (Å²) in [7, 11) is -3.12. The van der Waals surface area contributed by atoms with Gasteiger partial charge in [-0.05, 0) is 29.9 Å². The molecule has 2 amide bonds. The summed E-state index contributed by atoms with van der Waals surface area (Å²) in [4.78, 5) is 24.6. The van der Waals surface area contributed by atoms with Crippen molar-refractivity contribution >= 4 is 27.4 Å². The van der Waals surface area contributed by atoms with Gasteiger partial charge in [0.1, 0.15) is 5.71 Å². The van der Waals surface area contributed by atoms with Crippen LogP contribution in [0, 0.1) is 0 Å². The molecule has 1 aromatic carbocycles. The van der Waals surface area contributed by atoms with Crippen LogP contribution in [0.25, 0.3) is 0 Å². The highest BCUT2D eigenvalue weighted by Gasteiger charge is 2.37. The summed E-state index contributed by atoms with van der Waals surface area (Å²) in [5.74, 6) is -0.0444. The molecule has 152 valence electrons. The third-order valence-electron chi connectivity index (χ3n) is 5.22. The van der Waals surface area contributed by atoms with Gasteiger partial charge < -0.3 is 5.32 Å². The molecule has 28 heavy (non-hydrogen) atoms. The standard InChI is InChI=1S/C20H27N3O4S/c1-14(2)16-5-3-15(4-6-16)9-11-21-20(25)18-7-8-19(24)23(22-18)17-10-12-28(26,27)13-17/h3-6,14,17H,7-13H2,1-2H3,(H,21,25)/t17-/m1/s1. The van der Waals surface area contributed by atoms with E-state index in [4.69, 9.17) is 0 Å². The number of hydrazone groups is 1. The number of carbonyl (C=O) groups is 2. The normalized spacial score (nSPS) is 21.7. The predicted molar refractivity (Wildman–Crippen MR) is 108 cm³/mol. The molecule has 0 saturated carbocycles. The largest absolute Gasteiger partial charge is 0.351 e. The van der Waals surface area contributed by atoms with Gasteiger partial charge in [-0.2, -0.15) is 5.10 Å². The van der Waals surface area contributed by atoms with E-state index in [0.717, 1.165) is 5.56 Å². The molecule has 0 spiro atoms. The van der Waals surface area contributed by atoms with Crippen molar-refractivity contribution in [1.82, 2.24) is 10.3 Å². The smallest absolute Gasteiger partial charge is 0.267 e. The maximum atomic E-state index is 12.4. The van der Waals surface area contributed by atoms with Gasteiger partial charge in [0.25, 0.3) is 5.91 Å². The monoisotopic (exact) mass is 405 g/mol. The molecule has 1 aromatic rings. The fourth-order valence-electron chi connectivity index (χ4n) is 3.48. The first kappa shape index (κ1) is 20.5. The van der Waals surface area contributed by atoms with Crippen LogP contribution in [0.15, 0.2) is 29.4 Å². The van der Waals surface area contributed by atoms with Crippen molar-refractivity contribution in [2.45, 2.75) is 51.5 Å². The van der Waals surface area contributed by atoms with E-state index in [1.54, 1.807) is 0 Å². The number of sulfone groups is 1. The van der Waals surface area contributed by atoms with Gasteiger partial charge in [0.05, 0.1) is 17.5 Å². The van der Waals surface area contributed by atoms with Gasteiger partial charge in [-0.3, -0.25) is 9.59 Å². The molecule has 3 rings (SSSR count). The number of carbonyl (C=O) groups excluding carboxylic acids is 2. The highest BCUT2D eigenvalue weighted by atomic mass is 32.2. The summed E-state index contributed by atoms with van der Waals surface area (Å²) in [5, 5.41) is 8.26. The van der Waals surface area contributed by atoms with Gasteiger partial charge in [0.15, 0.2) is 9.84 Å². The Morgan fingerprint density at radius 2 is 1.96 bits per heavy atom. The molecule has 1 fully saturated rings. The number of amides is 2. The fourth-order valence-corrected chi connectivity index (χ4v) is 5.17. The maximum Gasteiger partial charge on any atom is 0.267 e. The molecule has 7 nitrogen and oxygen atoms in total. The summed E-state index contributed by atoms with van der Waals surface area (Å²) >= 11 is 0. The zero-order valence-corrected chi connectivity index (χ0v) is 17.2. The van der Waals surface area contributed by atoms with Crippen LogP contribution in [-0.4, -0.2) is 55.0 Å². The summed E-state index contributed by atoms with van der Waals surface area (Å²) in [6, 6.07) is 7.89. The minimum atomic E-state index is -3.12. The van der Waals surface area contributed by atoms with Gasteiger partial charge in [0, 0.05) is 19.4 Å². The first-order valence-electron chi connectivity index (χ1n) is 9.72. The Kier molecular flexibility index (Phi) is 6.17. The fraction of sp³-hybridized carbons (Fsp3) is 0.550. The molecule has 2 aliphatic rings. The molecule has 2 aliphatic heterocycles. The number of nitrogens with one attached hydrogen (secondary N) is 1. The molecule has 0 aliphatic carbocycles. The predicted octanol–water partition coefficient (Wildman–Crippen LogP) is 1.63. The van der Waals surface area contributed by atoms with E-state index in [0.29, 0.717) is 31.0 Å². The van der Waals surface area contributed by atoms with Gasteiger partial charge in [-0.1, -0.05) is 38.1 Å². The molecule has 0 aromatic heterocycles. The quantitative estimate of drug-likeness (QED) is 0.778. The van der Waals surface area contributed by atoms with Crippen molar-refractivity contribution in [1.29, 1.82) is 0 Å². The zero-order valence-electron chi connectivity index (χ0n) is 16.3. The van der Waals surface area contributed by atoms with E-state index in [9.17, 15) is 18.0 Å². The molecule has 2 heterocycles. The van der Waals surface area contributed by atoms with E-state index in [2.05, 4.69) is 48.5 Å². The minimum absolute atomic E-state index is 0.0636. The van der Waals surface area contributed by atoms with Gasteiger partial charge in [0.2, 0.25) is 5.91 Å². The van der Waals surface area contributed by atoms with E-state index in [-0.39, 0.29) is 36.2 Å². The van der Waals surface area contributed by atoms with E-state index in [1.807, 2.05) is 0 Å². The Hall–Kier alpha value is -2.22. The highest BCUT2D eigenvalue weighted by molar-refractivity contribution is 7.91. The highest BCUT2D eigenvalue weighted by Crippen LogP contribution is 2.22. The number of hydrogen-bond donors (Lipinski definition) is 1. The van der Waals surface area contributed by atoms with Gasteiger partial charge in [-0.15, -0.1) is 0 Å². The second-order valence-corrected chi connectivity index (χ2v) is 9.97. The average molecular weight is 406 g/mol. The average Bonchev–Trinajstić information content (AvgIpc) is 3.02. The van der Waals surface area contributed by atoms with Crippen LogP contribution >= 0.6 is 0 Å². The summed E-state index contributed by atoms with van der Waals surface area (Å²) in [6.45, 7) is 4.77. The molecule has 8 heteroatoms. The van der Waals surface area contributed by atoms with Crippen molar-refractivity contribution in [2.24, 2.45) is 5.10 Å². The van der Waals surface area contributed by atoms with E-state index in [1.165, 1.54) is 10.6 Å². The van der Waals surface area contributed by atoms with Crippen LogP contribution in [-0.2, 0) is 25.8 Å². The van der Waals surface area contributed by atoms with Gasteiger partial charge >= 0.3 is 0 Å². The van der Waals surface area contributed by atoms with Crippen molar-refractivity contribution in [3.8, 4) is 0 Å². The van der Waals surface area contributed by atoms with Crippen LogP contribution in [0.4, 0.5) is 0 Å².